The van der Waals surface area contributed by atoms with Crippen LogP contribution in [0.2, 0.25) is 0 Å². The van der Waals surface area contributed by atoms with Gasteiger partial charge in [0.2, 0.25) is 5.91 Å². The van der Waals surface area contributed by atoms with Gasteiger partial charge in [-0.1, -0.05) is 18.2 Å². The number of carbonyl (C=O) groups is 2. The molecule has 0 bridgehead atoms. The number of urea groups is 1. The molecule has 1 aromatic rings. The molecule has 2 fully saturated rings. The van der Waals surface area contributed by atoms with Crippen LogP contribution in [0.1, 0.15) is 0 Å². The molecule has 0 aliphatic carbocycles. The fourth-order valence-electron chi connectivity index (χ4n) is 3.48. The Balaban J connectivity index is 1.68. The summed E-state index contributed by atoms with van der Waals surface area (Å²) in [6.45, 7) is 0.314. The van der Waals surface area contributed by atoms with E-state index in [-0.39, 0.29) is 36.8 Å². The smallest absolute Gasteiger partial charge is 0.321 e. The maximum atomic E-state index is 12.4. The van der Waals surface area contributed by atoms with Crippen LogP contribution in [0.3, 0.4) is 0 Å². The lowest BCUT2D eigenvalue weighted by molar-refractivity contribution is -0.125. The van der Waals surface area contributed by atoms with Crippen LogP contribution in [0.5, 0.6) is 0 Å². The van der Waals surface area contributed by atoms with Crippen molar-refractivity contribution in [3.8, 4) is 0 Å². The van der Waals surface area contributed by atoms with Gasteiger partial charge in [-0.3, -0.25) is 4.79 Å². The summed E-state index contributed by atoms with van der Waals surface area (Å²) in [6, 6.07) is 8.15. The number of anilines is 1. The standard InChI is InChI=1S/C16H21N3O5S/c1-24-9-15(20)18-13-10-25(22,23)14-8-19(7-12(13)14)16(21)17-11-5-3-2-4-6-11/h2-6,12-14H,7-10H2,1H3,(H,17,21)(H,18,20)/t12-,13+,14-/m0/s1. The average molecular weight is 367 g/mol. The van der Waals surface area contributed by atoms with E-state index in [0.29, 0.717) is 12.2 Å². The first kappa shape index (κ1) is 17.7. The second-order valence-corrected chi connectivity index (χ2v) is 8.60. The summed E-state index contributed by atoms with van der Waals surface area (Å²) in [5.74, 6) is -0.741. The van der Waals surface area contributed by atoms with Gasteiger partial charge in [-0.15, -0.1) is 0 Å². The lowest BCUT2D eigenvalue weighted by Crippen LogP contribution is -2.44. The van der Waals surface area contributed by atoms with Crippen LogP contribution in [0.25, 0.3) is 0 Å². The van der Waals surface area contributed by atoms with E-state index < -0.39 is 21.1 Å². The maximum Gasteiger partial charge on any atom is 0.321 e. The molecule has 2 N–H and O–H groups in total. The molecule has 2 heterocycles. The first-order valence-electron chi connectivity index (χ1n) is 8.01. The molecule has 2 saturated heterocycles. The number of para-hydroxylation sites is 1. The molecule has 3 amide bonds. The Labute approximate surface area is 146 Å². The van der Waals surface area contributed by atoms with Crippen molar-refractivity contribution in [3.05, 3.63) is 30.3 Å². The number of hydrogen-bond donors (Lipinski definition) is 2. The van der Waals surface area contributed by atoms with Crippen LogP contribution < -0.4 is 10.6 Å². The number of benzene rings is 1. The van der Waals surface area contributed by atoms with Crippen LogP contribution in [0.4, 0.5) is 10.5 Å². The lowest BCUT2D eigenvalue weighted by Gasteiger charge is -2.21. The van der Waals surface area contributed by atoms with E-state index in [0.717, 1.165) is 0 Å². The van der Waals surface area contributed by atoms with E-state index in [1.54, 1.807) is 24.3 Å². The molecule has 0 aromatic heterocycles. The molecule has 9 heteroatoms. The molecule has 8 nitrogen and oxygen atoms in total. The SMILES string of the molecule is COCC(=O)N[C@@H]1CS(=O)(=O)[C@H]2CN(C(=O)Nc3ccccc3)C[C@@H]12. The predicted octanol–water partition coefficient (Wildman–Crippen LogP) is 0.0785. The number of hydrogen-bond acceptors (Lipinski definition) is 5. The molecule has 0 radical (unpaired) electrons. The van der Waals surface area contributed by atoms with Crippen molar-refractivity contribution in [2.24, 2.45) is 5.92 Å². The van der Waals surface area contributed by atoms with E-state index in [1.807, 2.05) is 6.07 Å². The zero-order valence-electron chi connectivity index (χ0n) is 13.8. The van der Waals surface area contributed by atoms with Gasteiger partial charge >= 0.3 is 6.03 Å². The van der Waals surface area contributed by atoms with Crippen molar-refractivity contribution in [2.45, 2.75) is 11.3 Å². The first-order valence-corrected chi connectivity index (χ1v) is 9.73. The zero-order chi connectivity index (χ0) is 18.0. The van der Waals surface area contributed by atoms with E-state index in [2.05, 4.69) is 10.6 Å². The number of methoxy groups -OCH3 is 1. The second-order valence-electron chi connectivity index (χ2n) is 6.34. The summed E-state index contributed by atoms with van der Waals surface area (Å²) < 4.78 is 29.5. The molecule has 2 aliphatic rings. The van der Waals surface area contributed by atoms with Crippen LogP contribution in [0.15, 0.2) is 30.3 Å². The van der Waals surface area contributed by atoms with E-state index in [9.17, 15) is 18.0 Å². The molecular formula is C16H21N3O5S. The Hall–Kier alpha value is -2.13. The van der Waals surface area contributed by atoms with Gasteiger partial charge in [-0.2, -0.15) is 0 Å². The highest BCUT2D eigenvalue weighted by molar-refractivity contribution is 7.92. The predicted molar refractivity (Wildman–Crippen MR) is 91.9 cm³/mol. The number of carbonyl (C=O) groups excluding carboxylic acids is 2. The van der Waals surface area contributed by atoms with Crippen LogP contribution >= 0.6 is 0 Å². The summed E-state index contributed by atoms with van der Waals surface area (Å²) in [4.78, 5) is 25.6. The third kappa shape index (κ3) is 3.77. The van der Waals surface area contributed by atoms with Crippen molar-refractivity contribution < 1.29 is 22.7 Å². The highest BCUT2D eigenvalue weighted by atomic mass is 32.2. The van der Waals surface area contributed by atoms with Crippen LogP contribution in [-0.4, -0.2) is 69.1 Å². The van der Waals surface area contributed by atoms with Gasteiger partial charge < -0.3 is 20.3 Å². The van der Waals surface area contributed by atoms with Gasteiger partial charge in [0.1, 0.15) is 6.61 Å². The van der Waals surface area contributed by atoms with Gasteiger partial charge in [0.15, 0.2) is 9.84 Å². The quantitative estimate of drug-likeness (QED) is 0.784. The zero-order valence-corrected chi connectivity index (χ0v) is 14.7. The number of amides is 3. The lowest BCUT2D eigenvalue weighted by atomic mass is 10.0. The number of rotatable bonds is 4. The summed E-state index contributed by atoms with van der Waals surface area (Å²) in [7, 11) is -1.95. The summed E-state index contributed by atoms with van der Waals surface area (Å²) >= 11 is 0. The van der Waals surface area contributed by atoms with Gasteiger partial charge in [0, 0.05) is 37.8 Å². The molecule has 0 saturated carbocycles. The second kappa shape index (κ2) is 7.01. The number of nitrogens with zero attached hydrogens (tertiary/aromatic N) is 1. The van der Waals surface area contributed by atoms with Crippen molar-refractivity contribution in [1.82, 2.24) is 10.2 Å². The molecule has 25 heavy (non-hydrogen) atoms. The molecule has 0 unspecified atom stereocenters. The van der Waals surface area contributed by atoms with Crippen LogP contribution in [-0.2, 0) is 19.4 Å². The highest BCUT2D eigenvalue weighted by Crippen LogP contribution is 2.34. The molecule has 0 spiro atoms. The van der Waals surface area contributed by atoms with Crippen molar-refractivity contribution in [2.75, 3.05) is 37.9 Å². The largest absolute Gasteiger partial charge is 0.375 e. The molecule has 136 valence electrons. The van der Waals surface area contributed by atoms with E-state index in [4.69, 9.17) is 4.74 Å². The highest BCUT2D eigenvalue weighted by Gasteiger charge is 2.53. The number of likely N-dealkylation sites (tertiary alicyclic amines) is 1. The van der Waals surface area contributed by atoms with E-state index in [1.165, 1.54) is 12.0 Å². The summed E-state index contributed by atoms with van der Waals surface area (Å²) in [5.41, 5.74) is 0.650. The van der Waals surface area contributed by atoms with Gasteiger partial charge in [-0.25, -0.2) is 13.2 Å². The Kier molecular flexibility index (Phi) is 4.96. The van der Waals surface area contributed by atoms with Crippen molar-refractivity contribution in [3.63, 3.8) is 0 Å². The molecule has 3 atom stereocenters. The topological polar surface area (TPSA) is 105 Å². The van der Waals surface area contributed by atoms with Gasteiger partial charge in [-0.05, 0) is 12.1 Å². The Morgan fingerprint density at radius 1 is 1.24 bits per heavy atom. The number of nitrogens with one attached hydrogen (secondary N) is 2. The Morgan fingerprint density at radius 2 is 1.96 bits per heavy atom. The third-order valence-electron chi connectivity index (χ3n) is 4.63. The fourth-order valence-corrected chi connectivity index (χ4v) is 5.77. The van der Waals surface area contributed by atoms with Gasteiger partial charge in [0.25, 0.3) is 0 Å². The first-order chi connectivity index (χ1) is 11.9. The minimum absolute atomic E-state index is 0.0913. The van der Waals surface area contributed by atoms with Crippen LogP contribution in [0, 0.1) is 5.92 Å². The van der Waals surface area contributed by atoms with Crippen molar-refractivity contribution >= 4 is 27.5 Å². The molecule has 2 aliphatic heterocycles. The maximum absolute atomic E-state index is 12.4. The molecule has 3 rings (SSSR count). The Morgan fingerprint density at radius 3 is 2.64 bits per heavy atom. The minimum atomic E-state index is -3.35. The number of fused-ring (bicyclic) bond motifs is 1. The minimum Gasteiger partial charge on any atom is -0.375 e. The third-order valence-corrected chi connectivity index (χ3v) is 6.88. The fraction of sp³-hybridized carbons (Fsp3) is 0.500. The van der Waals surface area contributed by atoms with Crippen molar-refractivity contribution in [1.29, 1.82) is 0 Å². The normalized spacial score (nSPS) is 26.9. The average Bonchev–Trinajstić information content (AvgIpc) is 3.09. The summed E-state index contributed by atoms with van der Waals surface area (Å²) in [6.07, 6.45) is 0. The molecule has 1 aromatic carbocycles. The molecular weight excluding hydrogens is 346 g/mol. The number of ether oxygens (including phenoxy) is 1. The Bertz CT molecular complexity index is 752. The van der Waals surface area contributed by atoms with E-state index >= 15 is 0 Å². The summed E-state index contributed by atoms with van der Waals surface area (Å²) in [5, 5.41) is 4.84. The van der Waals surface area contributed by atoms with Gasteiger partial charge in [0.05, 0.1) is 11.0 Å². The monoisotopic (exact) mass is 367 g/mol. The number of sulfone groups is 1.